The van der Waals surface area contributed by atoms with Crippen LogP contribution in [0, 0.1) is 19.3 Å². The van der Waals surface area contributed by atoms with Crippen LogP contribution < -0.4 is 10.6 Å². The lowest BCUT2D eigenvalue weighted by Crippen LogP contribution is -2.29. The predicted octanol–water partition coefficient (Wildman–Crippen LogP) is 6.91. The summed E-state index contributed by atoms with van der Waals surface area (Å²) in [5, 5.41) is 16.2. The van der Waals surface area contributed by atoms with Gasteiger partial charge < -0.3 is 15.7 Å². The van der Waals surface area contributed by atoms with E-state index in [0.717, 1.165) is 31.7 Å². The molecule has 1 unspecified atom stereocenters. The summed E-state index contributed by atoms with van der Waals surface area (Å²) in [6, 6.07) is 11.2. The first-order chi connectivity index (χ1) is 17.9. The minimum absolute atomic E-state index is 0.0209. The van der Waals surface area contributed by atoms with Crippen LogP contribution in [0.3, 0.4) is 0 Å². The molecule has 0 spiro atoms. The van der Waals surface area contributed by atoms with Crippen molar-refractivity contribution in [2.75, 3.05) is 11.9 Å². The quantitative estimate of drug-likeness (QED) is 0.299. The number of carbonyl (C=O) groups excluding carboxylic acids is 1. The number of alkyl halides is 3. The second kappa shape index (κ2) is 10.7. The molecule has 0 saturated heterocycles. The molecule has 0 radical (unpaired) electrons. The lowest BCUT2D eigenvalue weighted by atomic mass is 9.79. The summed E-state index contributed by atoms with van der Waals surface area (Å²) in [6.07, 6.45) is 0.181. The second-order valence-corrected chi connectivity index (χ2v) is 10.9. The molecule has 38 heavy (non-hydrogen) atoms. The number of hydrogen-bond acceptors (Lipinski definition) is 4. The van der Waals surface area contributed by atoms with E-state index < -0.39 is 11.9 Å². The average Bonchev–Trinajstić information content (AvgIpc) is 3.24. The third kappa shape index (κ3) is 6.11. The van der Waals surface area contributed by atoms with Crippen molar-refractivity contribution in [3.63, 3.8) is 0 Å². The first-order valence-corrected chi connectivity index (χ1v) is 12.8. The zero-order valence-corrected chi connectivity index (χ0v) is 22.2. The zero-order valence-electron chi connectivity index (χ0n) is 22.2. The summed E-state index contributed by atoms with van der Waals surface area (Å²) in [5.74, 6) is -0.318. The van der Waals surface area contributed by atoms with E-state index in [-0.39, 0.29) is 28.7 Å². The maximum Gasteiger partial charge on any atom is 0.433 e. The SMILES string of the molecule is Cc1cc2c(c(C)c1CC(C)(C)CCNC(=O)c1ccccc1O)CCC2Nc1ccc(C(F)(F)F)nc1. The number of halogens is 3. The van der Waals surface area contributed by atoms with Gasteiger partial charge in [-0.05, 0) is 97.0 Å². The van der Waals surface area contributed by atoms with E-state index in [4.69, 9.17) is 0 Å². The van der Waals surface area contributed by atoms with E-state index in [2.05, 4.69) is 49.4 Å². The summed E-state index contributed by atoms with van der Waals surface area (Å²) in [5.41, 5.74) is 6.12. The van der Waals surface area contributed by atoms with Crippen LogP contribution in [-0.4, -0.2) is 22.5 Å². The Bertz CT molecular complexity index is 1320. The van der Waals surface area contributed by atoms with Gasteiger partial charge in [-0.3, -0.25) is 4.79 Å². The molecule has 4 rings (SSSR count). The molecule has 1 amide bonds. The molecule has 1 aliphatic rings. The fraction of sp³-hybridized carbons (Fsp3) is 0.400. The van der Waals surface area contributed by atoms with Gasteiger partial charge >= 0.3 is 6.18 Å². The Kier molecular flexibility index (Phi) is 7.72. The Morgan fingerprint density at radius 2 is 1.87 bits per heavy atom. The van der Waals surface area contributed by atoms with Crippen molar-refractivity contribution in [2.24, 2.45) is 5.41 Å². The normalized spacial score (nSPS) is 15.3. The Morgan fingerprint density at radius 3 is 2.53 bits per heavy atom. The van der Waals surface area contributed by atoms with Crippen molar-refractivity contribution < 1.29 is 23.1 Å². The van der Waals surface area contributed by atoms with Gasteiger partial charge in [-0.2, -0.15) is 13.2 Å². The van der Waals surface area contributed by atoms with Crippen molar-refractivity contribution in [3.8, 4) is 5.75 Å². The molecule has 0 saturated carbocycles. The van der Waals surface area contributed by atoms with Crippen LogP contribution in [0.2, 0.25) is 0 Å². The summed E-state index contributed by atoms with van der Waals surface area (Å²) >= 11 is 0. The van der Waals surface area contributed by atoms with E-state index in [0.29, 0.717) is 12.2 Å². The number of aromatic nitrogens is 1. The molecule has 3 N–H and O–H groups in total. The molecule has 0 fully saturated rings. The second-order valence-electron chi connectivity index (χ2n) is 10.9. The van der Waals surface area contributed by atoms with Gasteiger partial charge in [0.05, 0.1) is 23.5 Å². The minimum atomic E-state index is -4.45. The molecule has 0 aliphatic heterocycles. The maximum atomic E-state index is 12.8. The number of nitrogens with one attached hydrogen (secondary N) is 2. The monoisotopic (exact) mass is 525 g/mol. The number of nitrogens with zero attached hydrogens (tertiary/aromatic N) is 1. The highest BCUT2D eigenvalue weighted by atomic mass is 19.4. The Morgan fingerprint density at radius 1 is 1.13 bits per heavy atom. The third-order valence-electron chi connectivity index (χ3n) is 7.45. The van der Waals surface area contributed by atoms with Gasteiger partial charge in [0, 0.05) is 6.54 Å². The van der Waals surface area contributed by atoms with E-state index in [9.17, 15) is 23.1 Å². The minimum Gasteiger partial charge on any atom is -0.507 e. The van der Waals surface area contributed by atoms with Crippen molar-refractivity contribution in [2.45, 2.75) is 65.6 Å². The third-order valence-corrected chi connectivity index (χ3v) is 7.45. The molecular formula is C30H34F3N3O2. The van der Waals surface area contributed by atoms with Crippen LogP contribution >= 0.6 is 0 Å². The van der Waals surface area contributed by atoms with Gasteiger partial charge in [-0.1, -0.05) is 32.0 Å². The fourth-order valence-corrected chi connectivity index (χ4v) is 5.30. The summed E-state index contributed by atoms with van der Waals surface area (Å²) in [6.45, 7) is 9.13. The Labute approximate surface area is 221 Å². The van der Waals surface area contributed by atoms with Gasteiger partial charge in [0.25, 0.3) is 5.91 Å². The molecule has 1 heterocycles. The van der Waals surface area contributed by atoms with Gasteiger partial charge in [0.1, 0.15) is 11.4 Å². The molecule has 5 nitrogen and oxygen atoms in total. The molecule has 202 valence electrons. The Balaban J connectivity index is 1.42. The van der Waals surface area contributed by atoms with E-state index in [1.165, 1.54) is 46.1 Å². The first kappa shape index (κ1) is 27.5. The average molecular weight is 526 g/mol. The van der Waals surface area contributed by atoms with Gasteiger partial charge in [-0.25, -0.2) is 4.98 Å². The van der Waals surface area contributed by atoms with Crippen molar-refractivity contribution >= 4 is 11.6 Å². The molecule has 1 aliphatic carbocycles. The molecule has 0 bridgehead atoms. The first-order valence-electron chi connectivity index (χ1n) is 12.8. The highest BCUT2D eigenvalue weighted by Gasteiger charge is 2.32. The number of rotatable bonds is 8. The number of aromatic hydroxyl groups is 1. The number of phenols is 1. The van der Waals surface area contributed by atoms with Crippen molar-refractivity contribution in [3.05, 3.63) is 87.7 Å². The molecule has 1 aromatic heterocycles. The lowest BCUT2D eigenvalue weighted by Gasteiger charge is -2.28. The number of hydrogen-bond donors (Lipinski definition) is 3. The number of carbonyl (C=O) groups is 1. The number of fused-ring (bicyclic) bond motifs is 1. The lowest BCUT2D eigenvalue weighted by molar-refractivity contribution is -0.141. The number of para-hydroxylation sites is 1. The molecule has 2 aromatic carbocycles. The molecule has 8 heteroatoms. The summed E-state index contributed by atoms with van der Waals surface area (Å²) in [4.78, 5) is 16.0. The number of benzene rings is 2. The van der Waals surface area contributed by atoms with Crippen LogP contribution in [0.4, 0.5) is 18.9 Å². The van der Waals surface area contributed by atoms with Crippen LogP contribution in [0.5, 0.6) is 5.75 Å². The number of anilines is 1. The van der Waals surface area contributed by atoms with Crippen LogP contribution in [-0.2, 0) is 19.0 Å². The number of pyridine rings is 1. The van der Waals surface area contributed by atoms with Crippen LogP contribution in [0.15, 0.2) is 48.7 Å². The van der Waals surface area contributed by atoms with Crippen LogP contribution in [0.25, 0.3) is 0 Å². The smallest absolute Gasteiger partial charge is 0.433 e. The van der Waals surface area contributed by atoms with E-state index in [1.54, 1.807) is 18.2 Å². The van der Waals surface area contributed by atoms with E-state index >= 15 is 0 Å². The highest BCUT2D eigenvalue weighted by Crippen LogP contribution is 2.40. The van der Waals surface area contributed by atoms with Crippen LogP contribution in [0.1, 0.15) is 76.6 Å². The summed E-state index contributed by atoms with van der Waals surface area (Å²) < 4.78 is 38.5. The van der Waals surface area contributed by atoms with Gasteiger partial charge in [0.2, 0.25) is 0 Å². The number of amides is 1. The molecular weight excluding hydrogens is 491 g/mol. The maximum absolute atomic E-state index is 12.8. The topological polar surface area (TPSA) is 74.2 Å². The predicted molar refractivity (Wildman–Crippen MR) is 142 cm³/mol. The number of phenolic OH excluding ortho intramolecular Hbond substituents is 1. The number of aryl methyl sites for hydroxylation is 1. The zero-order chi connectivity index (χ0) is 27.7. The largest absolute Gasteiger partial charge is 0.507 e. The molecule has 1 atom stereocenters. The Hall–Kier alpha value is -3.55. The highest BCUT2D eigenvalue weighted by molar-refractivity contribution is 5.96. The van der Waals surface area contributed by atoms with E-state index in [1.807, 2.05) is 0 Å². The van der Waals surface area contributed by atoms with Gasteiger partial charge in [0.15, 0.2) is 0 Å². The van der Waals surface area contributed by atoms with Crippen molar-refractivity contribution in [1.82, 2.24) is 10.3 Å². The fourth-order valence-electron chi connectivity index (χ4n) is 5.30. The standard InChI is InChI=1S/C30H34F3N3O2/c1-18-15-23-21(10-11-25(23)36-20-9-12-27(35-17-20)30(31,32)33)19(2)24(18)16-29(3,4)13-14-34-28(38)22-7-5-6-8-26(22)37/h5-9,12,15,17,25,36-37H,10-11,13-14,16H2,1-4H3,(H,34,38). The van der Waals surface area contributed by atoms with Gasteiger partial charge in [-0.15, -0.1) is 0 Å². The summed E-state index contributed by atoms with van der Waals surface area (Å²) in [7, 11) is 0. The molecule has 3 aromatic rings. The van der Waals surface area contributed by atoms with Crippen molar-refractivity contribution in [1.29, 1.82) is 0 Å².